The monoisotopic (exact) mass is 528 g/mol. The van der Waals surface area contributed by atoms with E-state index in [0.717, 1.165) is 35.8 Å². The van der Waals surface area contributed by atoms with Crippen LogP contribution in [0.3, 0.4) is 0 Å². The number of ether oxygens (including phenoxy) is 1. The molecule has 206 valence electrons. The number of rotatable bonds is 7. The molecule has 5 rings (SSSR count). The van der Waals surface area contributed by atoms with E-state index in [0.29, 0.717) is 6.54 Å². The van der Waals surface area contributed by atoms with Crippen molar-refractivity contribution >= 4 is 12.0 Å². The standard InChI is InChI=1S/C32H40N4O3/c1-21(2)29(35-32(38)39-3)31(37)36-19-7-10-28(36)30-33-20-27(34-30)26-17-15-25(16-18-26)24-13-11-23(12-14-24)22-8-5-4-6-9-22/h11-18,20-22,28-29H,4-10,19H2,1-3H3,(H,33,34)(H,35,38). The van der Waals surface area contributed by atoms with Gasteiger partial charge in [0.1, 0.15) is 11.9 Å². The van der Waals surface area contributed by atoms with Gasteiger partial charge in [0.2, 0.25) is 5.91 Å². The van der Waals surface area contributed by atoms with Crippen molar-refractivity contribution in [1.82, 2.24) is 20.2 Å². The molecule has 1 aromatic heterocycles. The van der Waals surface area contributed by atoms with Crippen LogP contribution in [0.1, 0.15) is 82.1 Å². The van der Waals surface area contributed by atoms with E-state index in [2.05, 4.69) is 63.8 Å². The van der Waals surface area contributed by atoms with Gasteiger partial charge in [-0.3, -0.25) is 4.79 Å². The second-order valence-electron chi connectivity index (χ2n) is 11.3. The Morgan fingerprint density at radius 1 is 0.923 bits per heavy atom. The van der Waals surface area contributed by atoms with E-state index < -0.39 is 12.1 Å². The van der Waals surface area contributed by atoms with Gasteiger partial charge in [0, 0.05) is 6.54 Å². The molecule has 39 heavy (non-hydrogen) atoms. The largest absolute Gasteiger partial charge is 0.453 e. The Kier molecular flexibility index (Phi) is 8.34. The number of alkyl carbamates (subject to hydrolysis) is 1. The maximum Gasteiger partial charge on any atom is 0.407 e. The number of likely N-dealkylation sites (tertiary alicyclic amines) is 1. The van der Waals surface area contributed by atoms with E-state index in [1.807, 2.05) is 24.9 Å². The summed E-state index contributed by atoms with van der Waals surface area (Å²) in [6.45, 7) is 4.48. The van der Waals surface area contributed by atoms with Gasteiger partial charge >= 0.3 is 6.09 Å². The van der Waals surface area contributed by atoms with E-state index >= 15 is 0 Å². The minimum atomic E-state index is -0.642. The van der Waals surface area contributed by atoms with Gasteiger partial charge in [-0.1, -0.05) is 81.6 Å². The van der Waals surface area contributed by atoms with E-state index in [4.69, 9.17) is 4.74 Å². The maximum absolute atomic E-state index is 13.4. The number of nitrogens with one attached hydrogen (secondary N) is 2. The van der Waals surface area contributed by atoms with Crippen LogP contribution in [-0.4, -0.2) is 46.6 Å². The van der Waals surface area contributed by atoms with Crippen molar-refractivity contribution in [2.24, 2.45) is 5.92 Å². The Labute approximate surface area is 231 Å². The number of H-pyrrole nitrogens is 1. The van der Waals surface area contributed by atoms with Gasteiger partial charge in [-0.05, 0) is 59.8 Å². The van der Waals surface area contributed by atoms with Crippen molar-refractivity contribution < 1.29 is 14.3 Å². The molecule has 2 heterocycles. The van der Waals surface area contributed by atoms with Crippen LogP contribution in [0.25, 0.3) is 22.4 Å². The van der Waals surface area contributed by atoms with Crippen molar-refractivity contribution in [1.29, 1.82) is 0 Å². The van der Waals surface area contributed by atoms with Crippen molar-refractivity contribution in [3.8, 4) is 22.4 Å². The van der Waals surface area contributed by atoms with Crippen molar-refractivity contribution in [3.63, 3.8) is 0 Å². The van der Waals surface area contributed by atoms with Crippen molar-refractivity contribution in [3.05, 3.63) is 66.1 Å². The van der Waals surface area contributed by atoms with Crippen molar-refractivity contribution in [2.45, 2.75) is 76.8 Å². The van der Waals surface area contributed by atoms with Gasteiger partial charge in [0.15, 0.2) is 0 Å². The fourth-order valence-corrected chi connectivity index (χ4v) is 6.07. The molecular weight excluding hydrogens is 488 g/mol. The fourth-order valence-electron chi connectivity index (χ4n) is 6.07. The zero-order valence-corrected chi connectivity index (χ0v) is 23.3. The molecule has 2 aromatic carbocycles. The van der Waals surface area contributed by atoms with Gasteiger partial charge < -0.3 is 19.9 Å². The van der Waals surface area contributed by atoms with E-state index in [1.54, 1.807) is 0 Å². The summed E-state index contributed by atoms with van der Waals surface area (Å²) in [5.74, 6) is 1.33. The second kappa shape index (κ2) is 12.1. The molecule has 7 heteroatoms. The number of amides is 2. The summed E-state index contributed by atoms with van der Waals surface area (Å²) in [5, 5.41) is 2.70. The molecule has 1 aliphatic heterocycles. The van der Waals surface area contributed by atoms with Crippen LogP contribution in [0.5, 0.6) is 0 Å². The number of aromatic amines is 1. The number of carbonyl (C=O) groups is 2. The van der Waals surface area contributed by atoms with Gasteiger partial charge in [-0.25, -0.2) is 9.78 Å². The van der Waals surface area contributed by atoms with Crippen LogP contribution in [-0.2, 0) is 9.53 Å². The van der Waals surface area contributed by atoms with Gasteiger partial charge in [-0.15, -0.1) is 0 Å². The molecule has 3 aromatic rings. The maximum atomic E-state index is 13.4. The molecule has 2 atom stereocenters. The molecule has 2 unspecified atom stereocenters. The number of aromatic nitrogens is 2. The summed E-state index contributed by atoms with van der Waals surface area (Å²) in [5.41, 5.74) is 5.88. The molecule has 1 saturated carbocycles. The number of carbonyl (C=O) groups excluding carboxylic acids is 2. The molecule has 1 aliphatic carbocycles. The third-order valence-corrected chi connectivity index (χ3v) is 8.35. The average Bonchev–Trinajstić information content (AvgIpc) is 3.66. The van der Waals surface area contributed by atoms with Crippen LogP contribution in [0, 0.1) is 5.92 Å². The summed E-state index contributed by atoms with van der Waals surface area (Å²) in [4.78, 5) is 35.2. The predicted octanol–water partition coefficient (Wildman–Crippen LogP) is 6.84. The number of hydrogen-bond donors (Lipinski definition) is 2. The first-order valence-corrected chi connectivity index (χ1v) is 14.3. The molecule has 2 amide bonds. The molecule has 2 aliphatic rings. The highest BCUT2D eigenvalue weighted by Gasteiger charge is 2.37. The van der Waals surface area contributed by atoms with Crippen LogP contribution in [0.15, 0.2) is 54.7 Å². The summed E-state index contributed by atoms with van der Waals surface area (Å²) in [6, 6.07) is 16.9. The van der Waals surface area contributed by atoms with Crippen LogP contribution in [0.2, 0.25) is 0 Å². The Morgan fingerprint density at radius 2 is 1.56 bits per heavy atom. The van der Waals surface area contributed by atoms with E-state index in [-0.39, 0.29) is 17.9 Å². The van der Waals surface area contributed by atoms with Gasteiger partial charge in [0.05, 0.1) is 25.0 Å². The lowest BCUT2D eigenvalue weighted by Crippen LogP contribution is -2.51. The quantitative estimate of drug-likeness (QED) is 0.352. The molecule has 0 radical (unpaired) electrons. The number of methoxy groups -OCH3 is 1. The highest BCUT2D eigenvalue weighted by molar-refractivity contribution is 5.86. The Bertz CT molecular complexity index is 1260. The lowest BCUT2D eigenvalue weighted by molar-refractivity contribution is -0.135. The van der Waals surface area contributed by atoms with E-state index in [1.165, 1.54) is 55.9 Å². The molecule has 2 N–H and O–H groups in total. The normalized spacial score (nSPS) is 18.8. The van der Waals surface area contributed by atoms with E-state index in [9.17, 15) is 9.59 Å². The lowest BCUT2D eigenvalue weighted by atomic mass is 9.84. The zero-order valence-electron chi connectivity index (χ0n) is 23.3. The van der Waals surface area contributed by atoms with Crippen LogP contribution < -0.4 is 5.32 Å². The summed E-state index contributed by atoms with van der Waals surface area (Å²) >= 11 is 0. The third-order valence-electron chi connectivity index (χ3n) is 8.35. The number of nitrogens with zero attached hydrogens (tertiary/aromatic N) is 2. The smallest absolute Gasteiger partial charge is 0.407 e. The minimum Gasteiger partial charge on any atom is -0.453 e. The number of imidazole rings is 1. The highest BCUT2D eigenvalue weighted by atomic mass is 16.5. The Morgan fingerprint density at radius 3 is 2.21 bits per heavy atom. The molecule has 0 bridgehead atoms. The number of hydrogen-bond acceptors (Lipinski definition) is 4. The first kappa shape index (κ1) is 27.0. The van der Waals surface area contributed by atoms with Crippen LogP contribution in [0.4, 0.5) is 4.79 Å². The summed E-state index contributed by atoms with van der Waals surface area (Å²) in [6.07, 6.45) is 9.68. The first-order valence-electron chi connectivity index (χ1n) is 14.3. The lowest BCUT2D eigenvalue weighted by Gasteiger charge is -2.30. The Hall–Kier alpha value is -3.61. The average molecular weight is 529 g/mol. The SMILES string of the molecule is COC(=O)NC(C(=O)N1CCCC1c1ncc(-c2ccc(-c3ccc(C4CCCCC4)cc3)cc2)[nH]1)C(C)C. The number of benzene rings is 2. The summed E-state index contributed by atoms with van der Waals surface area (Å²) < 4.78 is 4.73. The molecule has 1 saturated heterocycles. The Balaban J connectivity index is 1.27. The molecule has 0 spiro atoms. The highest BCUT2D eigenvalue weighted by Crippen LogP contribution is 2.35. The second-order valence-corrected chi connectivity index (χ2v) is 11.3. The summed E-state index contributed by atoms with van der Waals surface area (Å²) in [7, 11) is 1.31. The minimum absolute atomic E-state index is 0.0630. The topological polar surface area (TPSA) is 87.3 Å². The third kappa shape index (κ3) is 6.02. The first-order chi connectivity index (χ1) is 18.9. The predicted molar refractivity (Wildman–Crippen MR) is 153 cm³/mol. The zero-order chi connectivity index (χ0) is 27.4. The fraction of sp³-hybridized carbons (Fsp3) is 0.469. The van der Waals surface area contributed by atoms with Crippen LogP contribution >= 0.6 is 0 Å². The van der Waals surface area contributed by atoms with Crippen molar-refractivity contribution in [2.75, 3.05) is 13.7 Å². The molecular formula is C32H40N4O3. The molecule has 7 nitrogen and oxygen atoms in total. The van der Waals surface area contributed by atoms with Gasteiger partial charge in [-0.2, -0.15) is 0 Å². The van der Waals surface area contributed by atoms with Gasteiger partial charge in [0.25, 0.3) is 0 Å². The molecule has 2 fully saturated rings.